The van der Waals surface area contributed by atoms with E-state index in [0.717, 1.165) is 49.1 Å². The molecule has 0 aliphatic carbocycles. The summed E-state index contributed by atoms with van der Waals surface area (Å²) in [6.07, 6.45) is 2.18. The number of para-hydroxylation sites is 1. The highest BCUT2D eigenvalue weighted by Gasteiger charge is 2.17. The van der Waals surface area contributed by atoms with Crippen LogP contribution in [0.4, 0.5) is 0 Å². The van der Waals surface area contributed by atoms with Crippen molar-refractivity contribution in [2.75, 3.05) is 44.7 Å². The molecule has 0 spiro atoms. The van der Waals surface area contributed by atoms with Crippen LogP contribution in [0.15, 0.2) is 48.5 Å². The van der Waals surface area contributed by atoms with Crippen LogP contribution < -0.4 is 4.74 Å². The quantitative estimate of drug-likeness (QED) is 0.663. The zero-order valence-corrected chi connectivity index (χ0v) is 16.9. The normalized spacial score (nSPS) is 15.9. The van der Waals surface area contributed by atoms with Crippen LogP contribution >= 0.6 is 23.4 Å². The minimum Gasteiger partial charge on any atom is -0.489 e. The number of benzene rings is 2. The highest BCUT2D eigenvalue weighted by atomic mass is 35.5. The third-order valence-electron chi connectivity index (χ3n) is 4.75. The van der Waals surface area contributed by atoms with Crippen molar-refractivity contribution in [2.24, 2.45) is 0 Å². The number of rotatable bonds is 8. The third-order valence-corrected chi connectivity index (χ3v) is 5.59. The molecule has 0 radical (unpaired) electrons. The van der Waals surface area contributed by atoms with Gasteiger partial charge in [0, 0.05) is 55.6 Å². The Balaban J connectivity index is 1.53. The number of halogens is 1. The van der Waals surface area contributed by atoms with Crippen molar-refractivity contribution < 1.29 is 4.74 Å². The first-order valence-corrected chi connectivity index (χ1v) is 10.9. The van der Waals surface area contributed by atoms with E-state index in [1.54, 1.807) is 0 Å². The Kier molecular flexibility index (Phi) is 7.69. The second-order valence-corrected chi connectivity index (χ2v) is 8.06. The zero-order chi connectivity index (χ0) is 18.2. The molecule has 0 N–H and O–H groups in total. The average molecular weight is 391 g/mol. The highest BCUT2D eigenvalue weighted by Crippen LogP contribution is 2.22. The second kappa shape index (κ2) is 10.2. The van der Waals surface area contributed by atoms with Gasteiger partial charge in [0.2, 0.25) is 0 Å². The molecule has 3 nitrogen and oxygen atoms in total. The second-order valence-electron chi connectivity index (χ2n) is 6.63. The fourth-order valence-corrected chi connectivity index (χ4v) is 3.72. The van der Waals surface area contributed by atoms with E-state index in [-0.39, 0.29) is 0 Å². The van der Waals surface area contributed by atoms with Crippen LogP contribution in [0.1, 0.15) is 11.1 Å². The average Bonchev–Trinajstić information content (AvgIpc) is 2.68. The molecule has 2 aromatic carbocycles. The Morgan fingerprint density at radius 2 is 1.65 bits per heavy atom. The largest absolute Gasteiger partial charge is 0.489 e. The molecular formula is C21H27ClN2OS. The van der Waals surface area contributed by atoms with Gasteiger partial charge in [-0.2, -0.15) is 11.8 Å². The van der Waals surface area contributed by atoms with Gasteiger partial charge in [-0.05, 0) is 30.0 Å². The zero-order valence-electron chi connectivity index (χ0n) is 15.4. The number of thioether (sulfide) groups is 1. The van der Waals surface area contributed by atoms with Gasteiger partial charge in [0.25, 0.3) is 0 Å². The highest BCUT2D eigenvalue weighted by molar-refractivity contribution is 7.98. The van der Waals surface area contributed by atoms with Crippen LogP contribution in [0.2, 0.25) is 5.02 Å². The third kappa shape index (κ3) is 5.92. The van der Waals surface area contributed by atoms with Crippen molar-refractivity contribution in [1.82, 2.24) is 9.80 Å². The number of ether oxygens (including phenoxy) is 1. The summed E-state index contributed by atoms with van der Waals surface area (Å²) in [6.45, 7) is 7.29. The van der Waals surface area contributed by atoms with Crippen molar-refractivity contribution in [3.05, 3.63) is 64.7 Å². The smallest absolute Gasteiger partial charge is 0.124 e. The Morgan fingerprint density at radius 3 is 2.38 bits per heavy atom. The van der Waals surface area contributed by atoms with Crippen LogP contribution in [0.3, 0.4) is 0 Å². The van der Waals surface area contributed by atoms with E-state index in [2.05, 4.69) is 34.3 Å². The standard InChI is InChI=1S/C21H27ClN2OS/c1-26-15-14-23-10-12-24(13-11-23)16-19-4-2-3-5-21(19)25-17-18-6-8-20(22)9-7-18/h2-9H,10-17H2,1H3. The summed E-state index contributed by atoms with van der Waals surface area (Å²) in [5.74, 6) is 2.20. The lowest BCUT2D eigenvalue weighted by Crippen LogP contribution is -2.46. The summed E-state index contributed by atoms with van der Waals surface area (Å²) in [4.78, 5) is 5.09. The van der Waals surface area contributed by atoms with Gasteiger partial charge in [-0.3, -0.25) is 9.80 Å². The van der Waals surface area contributed by atoms with Crippen LogP contribution in [-0.2, 0) is 13.2 Å². The van der Waals surface area contributed by atoms with Gasteiger partial charge in [0.05, 0.1) is 0 Å². The molecule has 1 fully saturated rings. The molecule has 0 unspecified atom stereocenters. The molecule has 5 heteroatoms. The maximum absolute atomic E-state index is 6.10. The number of hydrogen-bond donors (Lipinski definition) is 0. The van der Waals surface area contributed by atoms with Gasteiger partial charge in [-0.25, -0.2) is 0 Å². The molecule has 0 aromatic heterocycles. The molecule has 26 heavy (non-hydrogen) atoms. The lowest BCUT2D eigenvalue weighted by molar-refractivity contribution is 0.131. The van der Waals surface area contributed by atoms with Crippen LogP contribution in [0.5, 0.6) is 5.75 Å². The van der Waals surface area contributed by atoms with Crippen molar-refractivity contribution >= 4 is 23.4 Å². The molecule has 1 saturated heterocycles. The molecule has 3 rings (SSSR count). The fourth-order valence-electron chi connectivity index (χ4n) is 3.15. The number of nitrogens with zero attached hydrogens (tertiary/aromatic N) is 2. The predicted octanol–water partition coefficient (Wildman–Crippen LogP) is 4.40. The number of piperazine rings is 1. The topological polar surface area (TPSA) is 15.7 Å². The summed E-state index contributed by atoms with van der Waals surface area (Å²) in [5.41, 5.74) is 2.39. The van der Waals surface area contributed by atoms with Gasteiger partial charge in [-0.15, -0.1) is 0 Å². The Bertz CT molecular complexity index is 672. The fraction of sp³-hybridized carbons (Fsp3) is 0.429. The summed E-state index contributed by atoms with van der Waals surface area (Å²) < 4.78 is 6.10. The lowest BCUT2D eigenvalue weighted by atomic mass is 10.1. The van der Waals surface area contributed by atoms with E-state index in [0.29, 0.717) is 6.61 Å². The molecule has 0 amide bonds. The van der Waals surface area contributed by atoms with Crippen LogP contribution in [0, 0.1) is 0 Å². The van der Waals surface area contributed by atoms with Crippen LogP contribution in [-0.4, -0.2) is 54.5 Å². The Labute approximate surface area is 166 Å². The molecule has 2 aromatic rings. The first-order chi connectivity index (χ1) is 12.7. The summed E-state index contributed by atoms with van der Waals surface area (Å²) in [7, 11) is 0. The molecule has 0 atom stereocenters. The van der Waals surface area contributed by atoms with E-state index in [9.17, 15) is 0 Å². The first-order valence-electron chi connectivity index (χ1n) is 9.13. The van der Waals surface area contributed by atoms with Gasteiger partial charge in [0.15, 0.2) is 0 Å². The van der Waals surface area contributed by atoms with Gasteiger partial charge in [0.1, 0.15) is 12.4 Å². The van der Waals surface area contributed by atoms with E-state index < -0.39 is 0 Å². The lowest BCUT2D eigenvalue weighted by Gasteiger charge is -2.34. The molecule has 1 heterocycles. The van der Waals surface area contributed by atoms with Crippen molar-refractivity contribution in [3.63, 3.8) is 0 Å². The Morgan fingerprint density at radius 1 is 0.962 bits per heavy atom. The molecule has 1 aliphatic heterocycles. The SMILES string of the molecule is CSCCN1CCN(Cc2ccccc2OCc2ccc(Cl)cc2)CC1. The van der Waals surface area contributed by atoms with Crippen molar-refractivity contribution in [2.45, 2.75) is 13.2 Å². The molecule has 0 bridgehead atoms. The first kappa shape index (κ1) is 19.6. The van der Waals surface area contributed by atoms with Gasteiger partial charge in [-0.1, -0.05) is 41.9 Å². The number of hydrogen-bond acceptors (Lipinski definition) is 4. The Hall–Kier alpha value is -1.20. The van der Waals surface area contributed by atoms with Crippen molar-refractivity contribution in [1.29, 1.82) is 0 Å². The summed E-state index contributed by atoms with van der Waals surface area (Å²) in [5, 5.41) is 0.755. The maximum Gasteiger partial charge on any atom is 0.124 e. The van der Waals surface area contributed by atoms with E-state index in [4.69, 9.17) is 16.3 Å². The van der Waals surface area contributed by atoms with Gasteiger partial charge < -0.3 is 4.74 Å². The predicted molar refractivity (Wildman–Crippen MR) is 112 cm³/mol. The monoisotopic (exact) mass is 390 g/mol. The van der Waals surface area contributed by atoms with E-state index >= 15 is 0 Å². The minimum absolute atomic E-state index is 0.566. The summed E-state index contributed by atoms with van der Waals surface area (Å²) >= 11 is 7.88. The minimum atomic E-state index is 0.566. The van der Waals surface area contributed by atoms with Gasteiger partial charge >= 0.3 is 0 Å². The molecule has 1 aliphatic rings. The molecule has 140 valence electrons. The van der Waals surface area contributed by atoms with Crippen molar-refractivity contribution in [3.8, 4) is 5.75 Å². The summed E-state index contributed by atoms with van der Waals surface area (Å²) in [6, 6.07) is 16.2. The maximum atomic E-state index is 6.10. The van der Waals surface area contributed by atoms with E-state index in [1.165, 1.54) is 17.9 Å². The van der Waals surface area contributed by atoms with E-state index in [1.807, 2.05) is 42.1 Å². The molecular weight excluding hydrogens is 364 g/mol. The van der Waals surface area contributed by atoms with Crippen LogP contribution in [0.25, 0.3) is 0 Å². The molecule has 0 saturated carbocycles.